The maximum atomic E-state index is 12.0. The van der Waals surface area contributed by atoms with E-state index in [9.17, 15) is 4.79 Å². The largest absolute Gasteiger partial charge is 0.353 e. The highest BCUT2D eigenvalue weighted by atomic mass is 35.5. The van der Waals surface area contributed by atoms with Crippen LogP contribution in [0.4, 0.5) is 0 Å². The van der Waals surface area contributed by atoms with Gasteiger partial charge in [-0.1, -0.05) is 48.8 Å². The van der Waals surface area contributed by atoms with Gasteiger partial charge in [0, 0.05) is 35.6 Å². The molecule has 0 spiro atoms. The van der Waals surface area contributed by atoms with Gasteiger partial charge < -0.3 is 9.88 Å². The third kappa shape index (κ3) is 6.87. The van der Waals surface area contributed by atoms with E-state index in [1.165, 1.54) is 6.08 Å². The van der Waals surface area contributed by atoms with E-state index in [1.54, 1.807) is 36.0 Å². The fourth-order valence-electron chi connectivity index (χ4n) is 2.53. The lowest BCUT2D eigenvalue weighted by atomic mass is 10.2. The molecule has 2 rings (SSSR count). The first kappa shape index (κ1) is 21.8. The van der Waals surface area contributed by atoms with Gasteiger partial charge in [-0.2, -0.15) is 0 Å². The van der Waals surface area contributed by atoms with Gasteiger partial charge in [-0.15, -0.1) is 10.2 Å². The van der Waals surface area contributed by atoms with Gasteiger partial charge >= 0.3 is 0 Å². The van der Waals surface area contributed by atoms with E-state index in [2.05, 4.69) is 33.9 Å². The van der Waals surface area contributed by atoms with Crippen molar-refractivity contribution in [2.75, 3.05) is 12.8 Å². The van der Waals surface area contributed by atoms with Gasteiger partial charge in [0.2, 0.25) is 5.91 Å². The molecule has 0 saturated heterocycles. The minimum atomic E-state index is -0.167. The number of carbonyl (C=O) groups is 1. The van der Waals surface area contributed by atoms with Crippen LogP contribution in [-0.4, -0.2) is 33.5 Å². The first-order valence-corrected chi connectivity index (χ1v) is 10.8. The topological polar surface area (TPSA) is 59.8 Å². The van der Waals surface area contributed by atoms with Crippen LogP contribution in [-0.2, 0) is 17.8 Å². The predicted octanol–water partition coefficient (Wildman–Crippen LogP) is 4.73. The molecule has 0 bridgehead atoms. The Kier molecular flexibility index (Phi) is 8.67. The highest BCUT2D eigenvalue weighted by molar-refractivity contribution is 7.98. The Labute approximate surface area is 174 Å². The molecule has 0 fully saturated rings. The summed E-state index contributed by atoms with van der Waals surface area (Å²) in [5.41, 5.74) is 0.714. The van der Waals surface area contributed by atoms with Crippen molar-refractivity contribution < 1.29 is 4.79 Å². The lowest BCUT2D eigenvalue weighted by Crippen LogP contribution is -2.23. The molecule has 146 valence electrons. The number of aromatic nitrogens is 3. The molecular weight excluding hydrogens is 403 g/mol. The molecule has 0 aliphatic rings. The lowest BCUT2D eigenvalue weighted by Gasteiger charge is -2.11. The van der Waals surface area contributed by atoms with Crippen molar-refractivity contribution in [3.63, 3.8) is 0 Å². The predicted molar refractivity (Wildman–Crippen MR) is 113 cm³/mol. The number of nitrogens with zero attached hydrogens (tertiary/aromatic N) is 3. The van der Waals surface area contributed by atoms with Gasteiger partial charge in [0.25, 0.3) is 0 Å². The van der Waals surface area contributed by atoms with Crippen LogP contribution in [0.3, 0.4) is 0 Å². The third-order valence-electron chi connectivity index (χ3n) is 3.77. The summed E-state index contributed by atoms with van der Waals surface area (Å²) in [7, 11) is 0. The fourth-order valence-corrected chi connectivity index (χ4v) is 3.41. The quantitative estimate of drug-likeness (QED) is 0.357. The monoisotopic (exact) mass is 426 g/mol. The molecule has 5 nitrogen and oxygen atoms in total. The summed E-state index contributed by atoms with van der Waals surface area (Å²) in [6.07, 6.45) is 6.69. The maximum absolute atomic E-state index is 12.0. The second-order valence-electron chi connectivity index (χ2n) is 6.50. The summed E-state index contributed by atoms with van der Waals surface area (Å²) < 4.78 is 2.16. The Morgan fingerprint density at radius 1 is 1.33 bits per heavy atom. The summed E-state index contributed by atoms with van der Waals surface area (Å²) in [4.78, 5) is 12.0. The van der Waals surface area contributed by atoms with Crippen LogP contribution in [0.1, 0.15) is 31.7 Å². The van der Waals surface area contributed by atoms with Crippen LogP contribution in [0, 0.1) is 5.92 Å². The second kappa shape index (κ2) is 10.7. The Morgan fingerprint density at radius 2 is 2.11 bits per heavy atom. The molecule has 0 unspecified atom stereocenters. The highest BCUT2D eigenvalue weighted by Gasteiger charge is 2.12. The maximum Gasteiger partial charge on any atom is 0.244 e. The molecule has 1 aromatic heterocycles. The van der Waals surface area contributed by atoms with Gasteiger partial charge in [-0.3, -0.25) is 4.79 Å². The fraction of sp³-hybridized carbons (Fsp3) is 0.421. The number of thioether (sulfide) groups is 1. The van der Waals surface area contributed by atoms with Crippen LogP contribution in [0.2, 0.25) is 10.0 Å². The molecule has 1 heterocycles. The Morgan fingerprint density at radius 3 is 2.81 bits per heavy atom. The molecule has 1 N–H and O–H groups in total. The first-order valence-electron chi connectivity index (χ1n) is 8.77. The van der Waals surface area contributed by atoms with Crippen molar-refractivity contribution in [3.05, 3.63) is 45.7 Å². The number of halogens is 2. The minimum Gasteiger partial charge on any atom is -0.353 e. The van der Waals surface area contributed by atoms with E-state index in [1.807, 2.05) is 6.26 Å². The molecule has 0 radical (unpaired) electrons. The zero-order valence-corrected chi connectivity index (χ0v) is 18.0. The van der Waals surface area contributed by atoms with E-state index in [0.717, 1.165) is 30.4 Å². The van der Waals surface area contributed by atoms with Crippen molar-refractivity contribution in [2.45, 2.75) is 38.4 Å². The van der Waals surface area contributed by atoms with Gasteiger partial charge in [0.15, 0.2) is 5.16 Å². The smallest absolute Gasteiger partial charge is 0.244 e. The number of amides is 1. The molecule has 2 aromatic rings. The molecule has 0 saturated carbocycles. The summed E-state index contributed by atoms with van der Waals surface area (Å²) in [6.45, 7) is 5.81. The minimum absolute atomic E-state index is 0.167. The van der Waals surface area contributed by atoms with Crippen molar-refractivity contribution in [1.82, 2.24) is 20.1 Å². The Hall–Kier alpha value is -1.50. The van der Waals surface area contributed by atoms with Crippen LogP contribution in [0.15, 0.2) is 29.4 Å². The summed E-state index contributed by atoms with van der Waals surface area (Å²) >= 11 is 13.6. The molecule has 0 atom stereocenters. The van der Waals surface area contributed by atoms with E-state index in [4.69, 9.17) is 23.2 Å². The molecular formula is C19H24Cl2N4OS. The molecule has 1 aromatic carbocycles. The summed E-state index contributed by atoms with van der Waals surface area (Å²) in [5, 5.41) is 13.5. The number of hydrogen-bond acceptors (Lipinski definition) is 4. The number of carbonyl (C=O) groups excluding carboxylic acids is 1. The van der Waals surface area contributed by atoms with E-state index in [0.29, 0.717) is 28.1 Å². The molecule has 0 aliphatic carbocycles. The standard InChI is InChI=1S/C19H24Cl2N4OS/c1-13(2)12-25-17(23-24-19(25)27-3)5-4-10-22-18(26)9-6-14-11-15(20)7-8-16(14)21/h6-9,11,13H,4-5,10,12H2,1-3H3,(H,22,26)/b9-6+. The summed E-state index contributed by atoms with van der Waals surface area (Å²) in [5.74, 6) is 1.32. The van der Waals surface area contributed by atoms with Crippen LogP contribution in [0.5, 0.6) is 0 Å². The zero-order valence-electron chi connectivity index (χ0n) is 15.7. The summed E-state index contributed by atoms with van der Waals surface area (Å²) in [6, 6.07) is 5.14. The third-order valence-corrected chi connectivity index (χ3v) is 5.02. The van der Waals surface area contributed by atoms with Crippen LogP contribution in [0.25, 0.3) is 6.08 Å². The number of hydrogen-bond donors (Lipinski definition) is 1. The zero-order chi connectivity index (χ0) is 19.8. The average Bonchev–Trinajstić information content (AvgIpc) is 3.00. The average molecular weight is 427 g/mol. The molecule has 1 amide bonds. The SMILES string of the molecule is CSc1nnc(CCCNC(=O)/C=C/c2cc(Cl)ccc2Cl)n1CC(C)C. The Bertz CT molecular complexity index is 805. The van der Waals surface area contributed by atoms with E-state index in [-0.39, 0.29) is 5.91 Å². The Balaban J connectivity index is 1.83. The van der Waals surface area contributed by atoms with Crippen LogP contribution < -0.4 is 5.32 Å². The van der Waals surface area contributed by atoms with E-state index >= 15 is 0 Å². The number of aryl methyl sites for hydroxylation is 1. The second-order valence-corrected chi connectivity index (χ2v) is 8.12. The van der Waals surface area contributed by atoms with Crippen LogP contribution >= 0.6 is 35.0 Å². The van der Waals surface area contributed by atoms with E-state index < -0.39 is 0 Å². The number of nitrogens with one attached hydrogen (secondary N) is 1. The van der Waals surface area contributed by atoms with Gasteiger partial charge in [0.05, 0.1) is 0 Å². The van der Waals surface area contributed by atoms with Crippen molar-refractivity contribution in [1.29, 1.82) is 0 Å². The molecule has 27 heavy (non-hydrogen) atoms. The molecule has 8 heteroatoms. The normalized spacial score (nSPS) is 11.5. The van der Waals surface area contributed by atoms with Gasteiger partial charge in [-0.05, 0) is 48.4 Å². The van der Waals surface area contributed by atoms with Crippen molar-refractivity contribution >= 4 is 46.9 Å². The highest BCUT2D eigenvalue weighted by Crippen LogP contribution is 2.21. The molecule has 0 aliphatic heterocycles. The number of rotatable bonds is 9. The van der Waals surface area contributed by atoms with Crippen molar-refractivity contribution in [3.8, 4) is 0 Å². The van der Waals surface area contributed by atoms with Crippen molar-refractivity contribution in [2.24, 2.45) is 5.92 Å². The first-order chi connectivity index (χ1) is 12.9. The van der Waals surface area contributed by atoms with Gasteiger partial charge in [0.1, 0.15) is 5.82 Å². The number of benzene rings is 1. The van der Waals surface area contributed by atoms with Gasteiger partial charge in [-0.25, -0.2) is 0 Å². The lowest BCUT2D eigenvalue weighted by molar-refractivity contribution is -0.116.